The maximum absolute atomic E-state index is 11.9. The van der Waals surface area contributed by atoms with Gasteiger partial charge in [0.25, 0.3) is 0 Å². The molecule has 144 valence electrons. The number of carbonyl (C=O) groups is 2. The van der Waals surface area contributed by atoms with Crippen LogP contribution in [0.2, 0.25) is 0 Å². The van der Waals surface area contributed by atoms with Gasteiger partial charge in [0.15, 0.2) is 0 Å². The van der Waals surface area contributed by atoms with E-state index in [1.165, 1.54) is 0 Å². The average Bonchev–Trinajstić information content (AvgIpc) is 2.71. The van der Waals surface area contributed by atoms with E-state index in [1.54, 1.807) is 0 Å². The standard InChI is InChI=1S/C22H27NO4/c23-20(22(25)27-17-19-12-6-2-7-13-19)14-8-3-9-15-21(24)26-16-18-10-4-1-5-11-18/h1-2,4-7,10-13,20H,3,8-9,14-17,23H2. The number of esters is 2. The van der Waals surface area contributed by atoms with Crippen LogP contribution in [0.25, 0.3) is 0 Å². The molecule has 0 saturated heterocycles. The Morgan fingerprint density at radius 3 is 1.93 bits per heavy atom. The predicted molar refractivity (Wildman–Crippen MR) is 104 cm³/mol. The van der Waals surface area contributed by atoms with Crippen molar-refractivity contribution in [2.75, 3.05) is 0 Å². The Bertz CT molecular complexity index is 688. The molecule has 0 heterocycles. The van der Waals surface area contributed by atoms with Crippen LogP contribution in [0.4, 0.5) is 0 Å². The summed E-state index contributed by atoms with van der Waals surface area (Å²) in [6, 6.07) is 18.5. The van der Waals surface area contributed by atoms with Gasteiger partial charge in [0.1, 0.15) is 19.3 Å². The fraction of sp³-hybridized carbons (Fsp3) is 0.364. The molecule has 0 saturated carbocycles. The van der Waals surface area contributed by atoms with Gasteiger partial charge in [0, 0.05) is 6.42 Å². The summed E-state index contributed by atoms with van der Waals surface area (Å²) in [6.07, 6.45) is 3.24. The van der Waals surface area contributed by atoms with Gasteiger partial charge in [-0.1, -0.05) is 73.5 Å². The van der Waals surface area contributed by atoms with Gasteiger partial charge in [-0.2, -0.15) is 0 Å². The maximum Gasteiger partial charge on any atom is 0.323 e. The minimum atomic E-state index is -0.626. The van der Waals surface area contributed by atoms with Crippen molar-refractivity contribution in [3.05, 3.63) is 71.8 Å². The Labute approximate surface area is 160 Å². The fourth-order valence-corrected chi connectivity index (χ4v) is 2.57. The molecule has 0 bridgehead atoms. The van der Waals surface area contributed by atoms with E-state index in [0.29, 0.717) is 19.4 Å². The molecular weight excluding hydrogens is 342 g/mol. The van der Waals surface area contributed by atoms with Crippen molar-refractivity contribution in [1.29, 1.82) is 0 Å². The molecule has 0 aliphatic rings. The molecule has 0 aliphatic heterocycles. The summed E-state index contributed by atoms with van der Waals surface area (Å²) in [6.45, 7) is 0.540. The van der Waals surface area contributed by atoms with Crippen LogP contribution >= 0.6 is 0 Å². The van der Waals surface area contributed by atoms with Crippen molar-refractivity contribution in [3.8, 4) is 0 Å². The number of nitrogens with two attached hydrogens (primary N) is 1. The molecule has 2 rings (SSSR count). The highest BCUT2D eigenvalue weighted by Gasteiger charge is 2.14. The first-order valence-electron chi connectivity index (χ1n) is 9.31. The van der Waals surface area contributed by atoms with Gasteiger partial charge in [-0.3, -0.25) is 9.59 Å². The fourth-order valence-electron chi connectivity index (χ4n) is 2.57. The second-order valence-electron chi connectivity index (χ2n) is 6.45. The molecule has 0 aromatic heterocycles. The monoisotopic (exact) mass is 369 g/mol. The predicted octanol–water partition coefficient (Wildman–Crippen LogP) is 3.75. The van der Waals surface area contributed by atoms with Gasteiger partial charge in [0.05, 0.1) is 0 Å². The molecule has 0 spiro atoms. The molecule has 5 nitrogen and oxygen atoms in total. The SMILES string of the molecule is NC(CCCCCC(=O)OCc1ccccc1)C(=O)OCc1ccccc1. The molecule has 2 aromatic carbocycles. The number of benzene rings is 2. The topological polar surface area (TPSA) is 78.6 Å². The largest absolute Gasteiger partial charge is 0.461 e. The Balaban J connectivity index is 1.51. The van der Waals surface area contributed by atoms with Gasteiger partial charge < -0.3 is 15.2 Å². The van der Waals surface area contributed by atoms with Gasteiger partial charge in [0.2, 0.25) is 0 Å². The summed E-state index contributed by atoms with van der Waals surface area (Å²) < 4.78 is 10.5. The molecule has 0 aliphatic carbocycles. The average molecular weight is 369 g/mol. The quantitative estimate of drug-likeness (QED) is 0.482. The number of rotatable bonds is 11. The maximum atomic E-state index is 11.9. The molecule has 1 unspecified atom stereocenters. The number of hydrogen-bond acceptors (Lipinski definition) is 5. The van der Waals surface area contributed by atoms with E-state index in [2.05, 4.69) is 0 Å². The van der Waals surface area contributed by atoms with E-state index in [9.17, 15) is 9.59 Å². The van der Waals surface area contributed by atoms with Crippen molar-refractivity contribution >= 4 is 11.9 Å². The molecular formula is C22H27NO4. The van der Waals surface area contributed by atoms with Crippen molar-refractivity contribution in [1.82, 2.24) is 0 Å². The molecule has 2 aromatic rings. The van der Waals surface area contributed by atoms with Gasteiger partial charge in [-0.15, -0.1) is 0 Å². The molecule has 0 radical (unpaired) electrons. The highest BCUT2D eigenvalue weighted by atomic mass is 16.5. The van der Waals surface area contributed by atoms with Crippen LogP contribution in [0, 0.1) is 0 Å². The molecule has 1 atom stereocenters. The van der Waals surface area contributed by atoms with E-state index in [4.69, 9.17) is 15.2 Å². The zero-order chi connectivity index (χ0) is 19.3. The lowest BCUT2D eigenvalue weighted by atomic mass is 10.1. The van der Waals surface area contributed by atoms with E-state index >= 15 is 0 Å². The second-order valence-corrected chi connectivity index (χ2v) is 6.45. The minimum absolute atomic E-state index is 0.203. The zero-order valence-corrected chi connectivity index (χ0v) is 15.5. The third-order valence-corrected chi connectivity index (χ3v) is 4.17. The number of hydrogen-bond donors (Lipinski definition) is 1. The lowest BCUT2D eigenvalue weighted by Crippen LogP contribution is -2.32. The first kappa shape index (κ1) is 20.6. The van der Waals surface area contributed by atoms with E-state index < -0.39 is 6.04 Å². The summed E-state index contributed by atoms with van der Waals surface area (Å²) in [7, 11) is 0. The summed E-state index contributed by atoms with van der Waals surface area (Å²) >= 11 is 0. The van der Waals surface area contributed by atoms with Crippen LogP contribution in [0.3, 0.4) is 0 Å². The van der Waals surface area contributed by atoms with Crippen molar-refractivity contribution in [2.45, 2.75) is 51.4 Å². The van der Waals surface area contributed by atoms with Crippen LogP contribution in [0.15, 0.2) is 60.7 Å². The Morgan fingerprint density at radius 1 is 0.778 bits per heavy atom. The Hall–Kier alpha value is -2.66. The second kappa shape index (κ2) is 11.9. The summed E-state index contributed by atoms with van der Waals surface area (Å²) in [5, 5.41) is 0. The number of ether oxygens (including phenoxy) is 2. The van der Waals surface area contributed by atoms with Crippen molar-refractivity contribution < 1.29 is 19.1 Å². The summed E-state index contributed by atoms with van der Waals surface area (Å²) in [5.74, 6) is -0.591. The summed E-state index contributed by atoms with van der Waals surface area (Å²) in [5.41, 5.74) is 7.78. The van der Waals surface area contributed by atoms with Crippen LogP contribution in [0.5, 0.6) is 0 Å². The first-order chi connectivity index (χ1) is 13.1. The third-order valence-electron chi connectivity index (χ3n) is 4.17. The van der Waals surface area contributed by atoms with Crippen LogP contribution in [-0.2, 0) is 32.3 Å². The lowest BCUT2D eigenvalue weighted by molar-refractivity contribution is -0.147. The van der Waals surface area contributed by atoms with E-state index in [1.807, 2.05) is 60.7 Å². The molecule has 2 N–H and O–H groups in total. The number of carbonyl (C=O) groups excluding carboxylic acids is 2. The summed E-state index contributed by atoms with van der Waals surface area (Å²) in [4.78, 5) is 23.6. The van der Waals surface area contributed by atoms with Gasteiger partial charge >= 0.3 is 11.9 Å². The van der Waals surface area contributed by atoms with Crippen LogP contribution in [0.1, 0.15) is 43.2 Å². The Kier molecular flexibility index (Phi) is 9.07. The van der Waals surface area contributed by atoms with E-state index in [0.717, 1.165) is 30.4 Å². The number of unbranched alkanes of at least 4 members (excludes halogenated alkanes) is 2. The minimum Gasteiger partial charge on any atom is -0.461 e. The van der Waals surface area contributed by atoms with Crippen molar-refractivity contribution in [3.63, 3.8) is 0 Å². The molecule has 5 heteroatoms. The van der Waals surface area contributed by atoms with Gasteiger partial charge in [-0.05, 0) is 24.0 Å². The van der Waals surface area contributed by atoms with Gasteiger partial charge in [-0.25, -0.2) is 0 Å². The Morgan fingerprint density at radius 2 is 1.33 bits per heavy atom. The van der Waals surface area contributed by atoms with Crippen molar-refractivity contribution in [2.24, 2.45) is 5.73 Å². The smallest absolute Gasteiger partial charge is 0.323 e. The third kappa shape index (κ3) is 8.51. The molecule has 0 fully saturated rings. The highest BCUT2D eigenvalue weighted by Crippen LogP contribution is 2.09. The van der Waals surface area contributed by atoms with Crippen LogP contribution < -0.4 is 5.73 Å². The molecule has 0 amide bonds. The zero-order valence-electron chi connectivity index (χ0n) is 15.5. The van der Waals surface area contributed by atoms with E-state index in [-0.39, 0.29) is 18.5 Å². The first-order valence-corrected chi connectivity index (χ1v) is 9.31. The normalized spacial score (nSPS) is 11.6. The van der Waals surface area contributed by atoms with Crippen LogP contribution in [-0.4, -0.2) is 18.0 Å². The molecule has 27 heavy (non-hydrogen) atoms. The highest BCUT2D eigenvalue weighted by molar-refractivity contribution is 5.75. The lowest BCUT2D eigenvalue weighted by Gasteiger charge is -2.11.